The van der Waals surface area contributed by atoms with Crippen molar-refractivity contribution in [3.8, 4) is 0 Å². The number of fused-ring (bicyclic) bond motifs is 5. The average molecular weight is 473 g/mol. The second kappa shape index (κ2) is 6.93. The van der Waals surface area contributed by atoms with Crippen LogP contribution in [0.25, 0.3) is 0 Å². The predicted molar refractivity (Wildman–Crippen MR) is 102 cm³/mol. The van der Waals surface area contributed by atoms with E-state index in [4.69, 9.17) is 14.2 Å². The van der Waals surface area contributed by atoms with Crippen LogP contribution in [0.3, 0.4) is 0 Å². The molecule has 0 saturated carbocycles. The lowest BCUT2D eigenvalue weighted by molar-refractivity contribution is -0.370. The first-order chi connectivity index (χ1) is 14.7. The van der Waals surface area contributed by atoms with Gasteiger partial charge in [-0.25, -0.2) is 18.0 Å². The summed E-state index contributed by atoms with van der Waals surface area (Å²) < 4.78 is 48.9. The molecule has 0 amide bonds. The van der Waals surface area contributed by atoms with Gasteiger partial charge < -0.3 is 29.5 Å². The monoisotopic (exact) mass is 473 g/mol. The molecule has 1 aromatic carbocycles. The van der Waals surface area contributed by atoms with E-state index in [1.807, 2.05) is 0 Å². The Morgan fingerprint density at radius 2 is 1.53 bits per heavy atom. The number of carboxylic acids is 1. The van der Waals surface area contributed by atoms with Gasteiger partial charge in [-0.2, -0.15) is 4.31 Å². The molecule has 3 fully saturated rings. The van der Waals surface area contributed by atoms with Crippen LogP contribution >= 0.6 is 0 Å². The number of carboxylic acid groups (broad SMARTS) is 1. The van der Waals surface area contributed by atoms with Crippen LogP contribution in [0.2, 0.25) is 0 Å². The highest BCUT2D eigenvalue weighted by Gasteiger charge is 2.80. The number of aliphatic carboxylic acids is 1. The molecule has 12 nitrogen and oxygen atoms in total. The summed E-state index contributed by atoms with van der Waals surface area (Å²) in [5.74, 6) is -11.5. The summed E-state index contributed by atoms with van der Waals surface area (Å²) in [7, 11) is -3.72. The Bertz CT molecular complexity index is 1070. The first kappa shape index (κ1) is 23.0. The minimum atomic E-state index is -4.61. The molecule has 3 N–H and O–H groups in total. The number of morpholine rings is 1. The number of aliphatic hydroxyl groups is 2. The molecular formula is C19H23NO11S. The van der Waals surface area contributed by atoms with Crippen molar-refractivity contribution in [1.29, 1.82) is 0 Å². The van der Waals surface area contributed by atoms with E-state index in [0.29, 0.717) is 4.31 Å². The fraction of sp³-hybridized carbons (Fsp3) is 0.579. The number of esters is 1. The molecule has 3 aliphatic rings. The first-order valence-electron chi connectivity index (χ1n) is 9.61. The zero-order valence-electron chi connectivity index (χ0n) is 17.6. The van der Waals surface area contributed by atoms with Crippen molar-refractivity contribution in [3.05, 3.63) is 29.8 Å². The van der Waals surface area contributed by atoms with Crippen LogP contribution in [0, 0.1) is 6.92 Å². The van der Waals surface area contributed by atoms with Crippen LogP contribution in [0.15, 0.2) is 29.2 Å². The number of ether oxygens (including phenoxy) is 4. The molecule has 0 aliphatic carbocycles. The number of carbonyl (C=O) groups is 2. The summed E-state index contributed by atoms with van der Waals surface area (Å²) in [4.78, 5) is 24.4. The number of nitrogens with zero attached hydrogens (tertiary/aromatic N) is 1. The Kier molecular flexibility index (Phi) is 4.99. The zero-order chi connectivity index (χ0) is 23.9. The molecule has 0 spiro atoms. The summed E-state index contributed by atoms with van der Waals surface area (Å²) in [6.07, 6.45) is -2.76. The highest BCUT2D eigenvalue weighted by Crippen LogP contribution is 2.53. The van der Waals surface area contributed by atoms with Crippen molar-refractivity contribution in [3.63, 3.8) is 0 Å². The molecule has 4 rings (SSSR count). The summed E-state index contributed by atoms with van der Waals surface area (Å²) in [5, 5.41) is 32.0. The van der Waals surface area contributed by atoms with E-state index in [1.165, 1.54) is 38.1 Å². The second-order valence-corrected chi connectivity index (χ2v) is 10.2. The fourth-order valence-electron chi connectivity index (χ4n) is 4.53. The largest absolute Gasteiger partial charge is 0.477 e. The lowest BCUT2D eigenvalue weighted by atomic mass is 10.0. The van der Waals surface area contributed by atoms with Gasteiger partial charge in [-0.15, -0.1) is 0 Å². The van der Waals surface area contributed by atoms with Gasteiger partial charge in [0.25, 0.3) is 11.6 Å². The Morgan fingerprint density at radius 3 is 2.00 bits per heavy atom. The number of hydrogen-bond acceptors (Lipinski definition) is 10. The number of hydrogen-bond donors (Lipinski definition) is 3. The maximum atomic E-state index is 13.7. The average Bonchev–Trinajstić information content (AvgIpc) is 3.15. The summed E-state index contributed by atoms with van der Waals surface area (Å²) in [6, 6.07) is 1.87. The van der Waals surface area contributed by atoms with E-state index in [2.05, 4.69) is 4.74 Å². The van der Waals surface area contributed by atoms with Crippen molar-refractivity contribution >= 4 is 22.0 Å². The van der Waals surface area contributed by atoms with Gasteiger partial charge in [0.05, 0.1) is 12.0 Å². The number of benzene rings is 1. The number of sulfonamides is 1. The molecule has 2 bridgehead atoms. The molecule has 0 radical (unpaired) electrons. The molecule has 0 aromatic heterocycles. The van der Waals surface area contributed by atoms with Gasteiger partial charge in [0, 0.05) is 0 Å². The highest BCUT2D eigenvalue weighted by atomic mass is 32.2. The molecular weight excluding hydrogens is 450 g/mol. The van der Waals surface area contributed by atoms with E-state index in [1.54, 1.807) is 6.92 Å². The maximum Gasteiger partial charge on any atom is 0.368 e. The van der Waals surface area contributed by atoms with E-state index in [0.717, 1.165) is 12.7 Å². The van der Waals surface area contributed by atoms with Gasteiger partial charge in [0.2, 0.25) is 10.0 Å². The van der Waals surface area contributed by atoms with Crippen molar-refractivity contribution in [2.75, 3.05) is 7.11 Å². The Balaban J connectivity index is 1.98. The lowest BCUT2D eigenvalue weighted by Crippen LogP contribution is -2.75. The highest BCUT2D eigenvalue weighted by molar-refractivity contribution is 7.89. The van der Waals surface area contributed by atoms with E-state index >= 15 is 0 Å². The molecule has 32 heavy (non-hydrogen) atoms. The van der Waals surface area contributed by atoms with Gasteiger partial charge in [0.1, 0.15) is 24.3 Å². The standard InChI is InChI=1S/C19H23NO11S/c1-9-5-7-10(8-6-9)32(26,27)20-13-11-12(30-17(2,3)29-11)14(20)19(25,16(23)28-4)31-18(13,24)15(21)22/h5-8,11-14,24-25H,1-4H3,(H,21,22)/t11-,12+,13-,14+,18-,19+/m1/s1. The van der Waals surface area contributed by atoms with Crippen LogP contribution < -0.4 is 0 Å². The molecule has 3 heterocycles. The molecule has 176 valence electrons. The zero-order valence-corrected chi connectivity index (χ0v) is 18.4. The van der Waals surface area contributed by atoms with E-state index in [-0.39, 0.29) is 4.90 Å². The lowest BCUT2D eigenvalue weighted by Gasteiger charge is -2.49. The third-order valence-electron chi connectivity index (χ3n) is 5.83. The predicted octanol–water partition coefficient (Wildman–Crippen LogP) is -1.08. The number of carbonyl (C=O) groups excluding carboxylic acids is 1. The molecule has 1 aromatic rings. The maximum absolute atomic E-state index is 13.7. The quantitative estimate of drug-likeness (QED) is 0.455. The third kappa shape index (κ3) is 3.00. The van der Waals surface area contributed by atoms with Gasteiger partial charge in [0.15, 0.2) is 5.79 Å². The topological polar surface area (TPSA) is 169 Å². The number of rotatable bonds is 4. The van der Waals surface area contributed by atoms with Crippen molar-refractivity contribution in [1.82, 2.24) is 4.31 Å². The molecule has 3 aliphatic heterocycles. The van der Waals surface area contributed by atoms with Gasteiger partial charge in [-0.1, -0.05) is 17.7 Å². The Labute approximate surface area is 183 Å². The van der Waals surface area contributed by atoms with Crippen LogP contribution in [-0.2, 0) is 38.6 Å². The minimum absolute atomic E-state index is 0.265. The van der Waals surface area contributed by atoms with Crippen LogP contribution in [0.4, 0.5) is 0 Å². The number of methoxy groups -OCH3 is 1. The van der Waals surface area contributed by atoms with Crippen molar-refractivity contribution in [2.24, 2.45) is 0 Å². The van der Waals surface area contributed by atoms with E-state index in [9.17, 15) is 33.3 Å². The molecule has 6 atom stereocenters. The van der Waals surface area contributed by atoms with Crippen LogP contribution in [0.1, 0.15) is 19.4 Å². The second-order valence-electron chi connectivity index (χ2n) is 8.39. The molecule has 0 unspecified atom stereocenters. The van der Waals surface area contributed by atoms with Gasteiger partial charge in [-0.05, 0) is 32.9 Å². The number of aryl methyl sites for hydroxylation is 1. The minimum Gasteiger partial charge on any atom is -0.477 e. The fourth-order valence-corrected chi connectivity index (χ4v) is 6.37. The van der Waals surface area contributed by atoms with Gasteiger partial charge >= 0.3 is 11.9 Å². The molecule has 3 saturated heterocycles. The SMILES string of the molecule is COC(=O)[C@@]1(O)O[C@@](O)(C(=O)O)[C@H]2[C@@H]3OC(C)(C)O[C@@H]3[C@@H]1N2S(=O)(=O)c1ccc(C)cc1. The summed E-state index contributed by atoms with van der Waals surface area (Å²) >= 11 is 0. The Hall–Kier alpha value is -2.13. The van der Waals surface area contributed by atoms with Gasteiger partial charge in [-0.3, -0.25) is 4.74 Å². The van der Waals surface area contributed by atoms with Crippen molar-refractivity contribution in [2.45, 2.75) is 67.3 Å². The Morgan fingerprint density at radius 1 is 1.03 bits per heavy atom. The summed E-state index contributed by atoms with van der Waals surface area (Å²) in [5.41, 5.74) is 0.757. The van der Waals surface area contributed by atoms with E-state index < -0.39 is 63.6 Å². The normalized spacial score (nSPS) is 38.3. The third-order valence-corrected chi connectivity index (χ3v) is 7.71. The van der Waals surface area contributed by atoms with Crippen LogP contribution in [0.5, 0.6) is 0 Å². The smallest absolute Gasteiger partial charge is 0.368 e. The van der Waals surface area contributed by atoms with Crippen molar-refractivity contribution < 1.29 is 52.3 Å². The van der Waals surface area contributed by atoms with Crippen LogP contribution in [-0.4, -0.2) is 88.7 Å². The summed E-state index contributed by atoms with van der Waals surface area (Å²) in [6.45, 7) is 4.71. The molecule has 13 heteroatoms. The first-order valence-corrected chi connectivity index (χ1v) is 11.1.